The van der Waals surface area contributed by atoms with Gasteiger partial charge in [-0.1, -0.05) is 20.8 Å². The molecular weight excluding hydrogens is 306 g/mol. The number of hydrogen-bond donors (Lipinski definition) is 0. The molecule has 1 unspecified atom stereocenters. The second kappa shape index (κ2) is 7.68. The molecule has 1 aromatic heterocycles. The third-order valence-electron chi connectivity index (χ3n) is 3.65. The zero-order valence-electron chi connectivity index (χ0n) is 13.9. The topological polar surface area (TPSA) is 88.4 Å². The lowest BCUT2D eigenvalue weighted by atomic mass is 10.2. The van der Waals surface area contributed by atoms with E-state index in [9.17, 15) is 13.2 Å². The van der Waals surface area contributed by atoms with Crippen LogP contribution in [0, 0.1) is 0 Å². The summed E-state index contributed by atoms with van der Waals surface area (Å²) in [4.78, 5) is 17.8. The average Bonchev–Trinajstić information content (AvgIpc) is 2.99. The minimum Gasteiger partial charge on any atom is -0.320 e. The van der Waals surface area contributed by atoms with E-state index in [1.165, 1.54) is 4.31 Å². The normalized spacial score (nSPS) is 13.4. The number of sulfonamides is 1. The van der Waals surface area contributed by atoms with Crippen LogP contribution < -0.4 is 0 Å². The molecule has 1 atom stereocenters. The van der Waals surface area contributed by atoms with Crippen LogP contribution in [0.1, 0.15) is 41.0 Å². The van der Waals surface area contributed by atoms with Crippen LogP contribution in [-0.4, -0.2) is 64.1 Å². The lowest BCUT2D eigenvalue weighted by Crippen LogP contribution is -2.41. The molecule has 1 aromatic rings. The number of nitrogens with zero attached hydrogens (tertiary/aromatic N) is 5. The minimum atomic E-state index is -3.75. The van der Waals surface area contributed by atoms with Crippen LogP contribution in [0.25, 0.3) is 0 Å². The summed E-state index contributed by atoms with van der Waals surface area (Å²) in [5.41, 5.74) is 0. The van der Waals surface area contributed by atoms with Crippen LogP contribution in [-0.2, 0) is 10.0 Å². The van der Waals surface area contributed by atoms with Crippen molar-refractivity contribution in [2.45, 2.75) is 52.2 Å². The highest BCUT2D eigenvalue weighted by molar-refractivity contribution is 7.88. The fourth-order valence-corrected chi connectivity index (χ4v) is 3.41. The van der Waals surface area contributed by atoms with Gasteiger partial charge in [0.05, 0.1) is 0 Å². The van der Waals surface area contributed by atoms with Gasteiger partial charge in [0.15, 0.2) is 0 Å². The van der Waals surface area contributed by atoms with E-state index in [1.807, 2.05) is 20.8 Å². The van der Waals surface area contributed by atoms with Crippen molar-refractivity contribution in [2.24, 2.45) is 0 Å². The molecule has 0 radical (unpaired) electrons. The molecule has 0 spiro atoms. The van der Waals surface area contributed by atoms with Crippen LogP contribution in [0.15, 0.2) is 11.5 Å². The van der Waals surface area contributed by atoms with E-state index in [-0.39, 0.29) is 17.2 Å². The van der Waals surface area contributed by atoms with E-state index in [0.717, 1.165) is 17.4 Å². The largest absolute Gasteiger partial charge is 0.346 e. The summed E-state index contributed by atoms with van der Waals surface area (Å²) in [5, 5.41) is 3.53. The zero-order chi connectivity index (χ0) is 16.9. The van der Waals surface area contributed by atoms with Crippen molar-refractivity contribution in [3.8, 4) is 0 Å². The number of carbonyl (C=O) groups excluding carboxylic acids is 1. The third-order valence-corrected chi connectivity index (χ3v) is 5.50. The summed E-state index contributed by atoms with van der Waals surface area (Å²) in [6, 6.07) is -0.324. The van der Waals surface area contributed by atoms with Crippen molar-refractivity contribution in [1.82, 2.24) is 24.0 Å². The van der Waals surface area contributed by atoms with E-state index in [4.69, 9.17) is 0 Å². The van der Waals surface area contributed by atoms with Gasteiger partial charge in [0.25, 0.3) is 15.2 Å². The predicted octanol–water partition coefficient (Wildman–Crippen LogP) is 1.40. The Morgan fingerprint density at radius 3 is 2.27 bits per heavy atom. The molecule has 1 amide bonds. The van der Waals surface area contributed by atoms with Gasteiger partial charge < -0.3 is 4.90 Å². The van der Waals surface area contributed by atoms with Crippen LogP contribution in [0.4, 0.5) is 4.79 Å². The summed E-state index contributed by atoms with van der Waals surface area (Å²) in [7, 11) is -3.75. The van der Waals surface area contributed by atoms with Crippen LogP contribution >= 0.6 is 0 Å². The summed E-state index contributed by atoms with van der Waals surface area (Å²) >= 11 is 0. The highest BCUT2D eigenvalue weighted by atomic mass is 32.2. The minimum absolute atomic E-state index is 0.0459. The van der Waals surface area contributed by atoms with Crippen LogP contribution in [0.2, 0.25) is 0 Å². The number of hydrogen-bond acceptors (Lipinski definition) is 5. The Balaban J connectivity index is 3.08. The molecular formula is C13H25N5O3S. The lowest BCUT2D eigenvalue weighted by molar-refractivity contribution is 0.179. The summed E-state index contributed by atoms with van der Waals surface area (Å²) in [5.74, 6) is 0. The third kappa shape index (κ3) is 3.64. The quantitative estimate of drug-likeness (QED) is 0.753. The number of amides is 1. The molecule has 8 nitrogen and oxygen atoms in total. The first kappa shape index (κ1) is 18.6. The lowest BCUT2D eigenvalue weighted by Gasteiger charge is -2.26. The Morgan fingerprint density at radius 1 is 1.23 bits per heavy atom. The van der Waals surface area contributed by atoms with Gasteiger partial charge in [-0.3, -0.25) is 0 Å². The van der Waals surface area contributed by atoms with E-state index in [2.05, 4.69) is 10.1 Å². The second-order valence-corrected chi connectivity index (χ2v) is 6.72. The molecule has 0 aliphatic carbocycles. The van der Waals surface area contributed by atoms with E-state index in [0.29, 0.717) is 19.6 Å². The van der Waals surface area contributed by atoms with Gasteiger partial charge in [-0.05, 0) is 20.3 Å². The number of carbonyl (C=O) groups is 1. The smallest absolute Gasteiger partial charge is 0.320 e. The van der Waals surface area contributed by atoms with Crippen molar-refractivity contribution < 1.29 is 13.2 Å². The van der Waals surface area contributed by atoms with Crippen LogP contribution in [0.3, 0.4) is 0 Å². The number of rotatable bonds is 7. The van der Waals surface area contributed by atoms with Crippen molar-refractivity contribution in [3.05, 3.63) is 6.33 Å². The Labute approximate surface area is 132 Å². The van der Waals surface area contributed by atoms with Gasteiger partial charge in [-0.25, -0.2) is 18.2 Å². The fraction of sp³-hybridized carbons (Fsp3) is 0.769. The maximum Gasteiger partial charge on any atom is 0.346 e. The Kier molecular flexibility index (Phi) is 6.48. The molecule has 0 bridgehead atoms. The van der Waals surface area contributed by atoms with E-state index >= 15 is 0 Å². The Hall–Kier alpha value is -1.48. The summed E-state index contributed by atoms with van der Waals surface area (Å²) in [6.45, 7) is 10.4. The van der Waals surface area contributed by atoms with Gasteiger partial charge in [-0.2, -0.15) is 8.99 Å². The molecule has 0 N–H and O–H groups in total. The molecule has 0 saturated heterocycles. The van der Waals surface area contributed by atoms with Gasteiger partial charge in [0.2, 0.25) is 0 Å². The standard InChI is InChI=1S/C13H25N5O3S/c1-6-11(5)17(9-4)13(19)18-10-14-12(15-18)22(20,21)16(7-2)8-3/h10-11H,6-9H2,1-5H3. The van der Waals surface area contributed by atoms with Gasteiger partial charge in [-0.15, -0.1) is 5.10 Å². The highest BCUT2D eigenvalue weighted by Gasteiger charge is 2.28. The monoisotopic (exact) mass is 331 g/mol. The molecule has 126 valence electrons. The SMILES string of the molecule is CCC(C)N(CC)C(=O)n1cnc(S(=O)(=O)N(CC)CC)n1. The molecule has 0 aliphatic heterocycles. The fourth-order valence-electron chi connectivity index (χ4n) is 2.12. The van der Waals surface area contributed by atoms with Crippen molar-refractivity contribution in [1.29, 1.82) is 0 Å². The second-order valence-electron chi connectivity index (χ2n) is 4.89. The molecule has 0 aromatic carbocycles. The maximum atomic E-state index is 12.4. The van der Waals surface area contributed by atoms with Crippen LogP contribution in [0.5, 0.6) is 0 Å². The molecule has 0 fully saturated rings. The summed E-state index contributed by atoms with van der Waals surface area (Å²) in [6.07, 6.45) is 1.96. The molecule has 0 saturated carbocycles. The summed E-state index contributed by atoms with van der Waals surface area (Å²) < 4.78 is 26.9. The molecule has 0 aliphatic rings. The molecule has 22 heavy (non-hydrogen) atoms. The predicted molar refractivity (Wildman–Crippen MR) is 83.1 cm³/mol. The first-order valence-electron chi connectivity index (χ1n) is 7.56. The maximum absolute atomic E-state index is 12.4. The highest BCUT2D eigenvalue weighted by Crippen LogP contribution is 2.11. The first-order chi connectivity index (χ1) is 10.3. The molecule has 1 heterocycles. The Bertz CT molecular complexity index is 595. The Morgan fingerprint density at radius 2 is 1.82 bits per heavy atom. The average molecular weight is 331 g/mol. The van der Waals surface area contributed by atoms with Gasteiger partial charge >= 0.3 is 6.03 Å². The molecule has 9 heteroatoms. The van der Waals surface area contributed by atoms with Crippen molar-refractivity contribution in [3.63, 3.8) is 0 Å². The van der Waals surface area contributed by atoms with E-state index < -0.39 is 10.0 Å². The molecule has 1 rings (SSSR count). The number of aromatic nitrogens is 3. The zero-order valence-corrected chi connectivity index (χ0v) is 14.7. The van der Waals surface area contributed by atoms with Gasteiger partial charge in [0, 0.05) is 25.7 Å². The first-order valence-corrected chi connectivity index (χ1v) is 9.00. The van der Waals surface area contributed by atoms with E-state index in [1.54, 1.807) is 18.7 Å². The van der Waals surface area contributed by atoms with Crippen molar-refractivity contribution >= 4 is 16.1 Å². The van der Waals surface area contributed by atoms with Gasteiger partial charge in [0.1, 0.15) is 6.33 Å². The van der Waals surface area contributed by atoms with Crippen molar-refractivity contribution in [2.75, 3.05) is 19.6 Å².